The number of thioether (sulfide) groups is 1. The van der Waals surface area contributed by atoms with Crippen LogP contribution in [0.1, 0.15) is 16.7 Å². The van der Waals surface area contributed by atoms with Gasteiger partial charge in [0.1, 0.15) is 0 Å². The number of anilines is 1. The summed E-state index contributed by atoms with van der Waals surface area (Å²) in [5.41, 5.74) is 5.06. The molecule has 0 radical (unpaired) electrons. The van der Waals surface area contributed by atoms with Crippen molar-refractivity contribution in [2.75, 3.05) is 4.90 Å². The maximum absolute atomic E-state index is 13.2. The van der Waals surface area contributed by atoms with Crippen LogP contribution in [0.4, 0.5) is 11.4 Å². The van der Waals surface area contributed by atoms with Gasteiger partial charge >= 0.3 is 0 Å². The third kappa shape index (κ3) is 4.61. The summed E-state index contributed by atoms with van der Waals surface area (Å²) in [6.07, 6.45) is 5.77. The van der Waals surface area contributed by atoms with E-state index in [0.717, 1.165) is 22.5 Å². The van der Waals surface area contributed by atoms with Crippen molar-refractivity contribution in [3.8, 4) is 0 Å². The largest absolute Gasteiger partial charge is 0.271 e. The molecule has 0 N–H and O–H groups in total. The van der Waals surface area contributed by atoms with Crippen molar-refractivity contribution in [1.82, 2.24) is 0 Å². The number of nitrogens with zero attached hydrogens (tertiary/aromatic N) is 2. The van der Waals surface area contributed by atoms with Gasteiger partial charge in [-0.2, -0.15) is 0 Å². The predicted molar refractivity (Wildman–Crippen MR) is 128 cm³/mol. The van der Waals surface area contributed by atoms with Crippen LogP contribution < -0.4 is 4.90 Å². The Balaban J connectivity index is 1.68. The van der Waals surface area contributed by atoms with Crippen molar-refractivity contribution in [3.63, 3.8) is 0 Å². The summed E-state index contributed by atoms with van der Waals surface area (Å²) < 4.78 is 0. The average molecular weight is 411 g/mol. The molecule has 1 saturated heterocycles. The zero-order chi connectivity index (χ0) is 20.9. The second-order valence-corrected chi connectivity index (χ2v) is 8.12. The fourth-order valence-electron chi connectivity index (χ4n) is 3.02. The summed E-state index contributed by atoms with van der Waals surface area (Å²) in [5, 5.41) is 0.659. The lowest BCUT2D eigenvalue weighted by Gasteiger charge is -2.16. The average Bonchev–Trinajstić information content (AvgIpc) is 3.06. The zero-order valence-electron chi connectivity index (χ0n) is 16.9. The normalized spacial score (nSPS) is 16.9. The number of hydrogen-bond donors (Lipinski definition) is 0. The number of amides is 1. The molecule has 1 fully saturated rings. The third-order valence-corrected chi connectivity index (χ3v) is 5.68. The van der Waals surface area contributed by atoms with Crippen LogP contribution >= 0.6 is 11.8 Å². The Kier molecular flexibility index (Phi) is 5.96. The van der Waals surface area contributed by atoms with Gasteiger partial charge in [0, 0.05) is 0 Å². The third-order valence-electron chi connectivity index (χ3n) is 4.69. The van der Waals surface area contributed by atoms with Crippen LogP contribution in [0.15, 0.2) is 101 Å². The van der Waals surface area contributed by atoms with Crippen molar-refractivity contribution in [1.29, 1.82) is 0 Å². The highest BCUT2D eigenvalue weighted by Gasteiger charge is 2.34. The van der Waals surface area contributed by atoms with E-state index >= 15 is 0 Å². The van der Waals surface area contributed by atoms with Gasteiger partial charge in [-0.15, -0.1) is 0 Å². The van der Waals surface area contributed by atoms with Gasteiger partial charge in [0.05, 0.1) is 16.3 Å². The summed E-state index contributed by atoms with van der Waals surface area (Å²) in [5.74, 6) is -0.0626. The van der Waals surface area contributed by atoms with Crippen molar-refractivity contribution in [2.45, 2.75) is 13.8 Å². The Morgan fingerprint density at radius 1 is 0.833 bits per heavy atom. The molecule has 30 heavy (non-hydrogen) atoms. The SMILES string of the molecule is Cc1ccc(N=C2S/C(=C/C=C/c3ccccc3)C(=O)N2c2ccc(C)cc2)cc1. The molecule has 1 aliphatic rings. The molecule has 0 saturated carbocycles. The van der Waals surface area contributed by atoms with Gasteiger partial charge in [0.25, 0.3) is 5.91 Å². The molecule has 0 aromatic heterocycles. The Morgan fingerprint density at radius 3 is 2.13 bits per heavy atom. The number of allylic oxidation sites excluding steroid dienone is 2. The number of hydrogen-bond acceptors (Lipinski definition) is 3. The van der Waals surface area contributed by atoms with Crippen LogP contribution in [0.3, 0.4) is 0 Å². The second-order valence-electron chi connectivity index (χ2n) is 7.11. The number of carbonyl (C=O) groups is 1. The summed E-state index contributed by atoms with van der Waals surface area (Å²) in [4.78, 5) is 20.3. The van der Waals surface area contributed by atoms with E-state index in [-0.39, 0.29) is 5.91 Å². The number of carbonyl (C=O) groups excluding carboxylic acids is 1. The molecule has 0 bridgehead atoms. The Labute approximate surface area is 181 Å². The number of rotatable bonds is 4. The molecular weight excluding hydrogens is 388 g/mol. The van der Waals surface area contributed by atoms with Gasteiger partial charge in [0.15, 0.2) is 5.17 Å². The molecule has 3 nitrogen and oxygen atoms in total. The molecule has 0 atom stereocenters. The van der Waals surface area contributed by atoms with Gasteiger partial charge in [-0.3, -0.25) is 9.69 Å². The van der Waals surface area contributed by atoms with Crippen LogP contribution in [0.25, 0.3) is 6.08 Å². The van der Waals surface area contributed by atoms with E-state index < -0.39 is 0 Å². The van der Waals surface area contributed by atoms with Crippen LogP contribution in [-0.2, 0) is 4.79 Å². The molecule has 3 aromatic rings. The smallest absolute Gasteiger partial charge is 0.268 e. The van der Waals surface area contributed by atoms with E-state index in [2.05, 4.69) is 0 Å². The molecule has 0 unspecified atom stereocenters. The van der Waals surface area contributed by atoms with Gasteiger partial charge in [0.2, 0.25) is 0 Å². The quantitative estimate of drug-likeness (QED) is 0.450. The van der Waals surface area contributed by atoms with E-state index in [9.17, 15) is 4.79 Å². The first-order valence-electron chi connectivity index (χ1n) is 9.78. The fraction of sp³-hybridized carbons (Fsp3) is 0.0769. The number of aliphatic imine (C=N–C) groups is 1. The van der Waals surface area contributed by atoms with Gasteiger partial charge in [-0.1, -0.05) is 77.9 Å². The predicted octanol–water partition coefficient (Wildman–Crippen LogP) is 6.67. The van der Waals surface area contributed by atoms with Crippen LogP contribution in [0.2, 0.25) is 0 Å². The van der Waals surface area contributed by atoms with Gasteiger partial charge < -0.3 is 0 Å². The highest BCUT2D eigenvalue weighted by atomic mass is 32.2. The van der Waals surface area contributed by atoms with Crippen molar-refractivity contribution >= 4 is 40.3 Å². The lowest BCUT2D eigenvalue weighted by molar-refractivity contribution is -0.113. The Hall–Kier alpha value is -3.37. The number of aryl methyl sites for hydroxylation is 2. The first-order valence-corrected chi connectivity index (χ1v) is 10.6. The van der Waals surface area contributed by atoms with E-state index in [1.165, 1.54) is 17.3 Å². The van der Waals surface area contributed by atoms with Crippen LogP contribution in [0, 0.1) is 13.8 Å². The van der Waals surface area contributed by atoms with Crippen molar-refractivity contribution in [3.05, 3.63) is 113 Å². The summed E-state index contributed by atoms with van der Waals surface area (Å²) in [7, 11) is 0. The maximum Gasteiger partial charge on any atom is 0.271 e. The molecule has 1 heterocycles. The van der Waals surface area contributed by atoms with E-state index in [4.69, 9.17) is 4.99 Å². The monoisotopic (exact) mass is 410 g/mol. The summed E-state index contributed by atoms with van der Waals surface area (Å²) in [6, 6.07) is 26.0. The molecule has 4 heteroatoms. The molecule has 0 aliphatic carbocycles. The van der Waals surface area contributed by atoms with Crippen LogP contribution in [-0.4, -0.2) is 11.1 Å². The highest BCUT2D eigenvalue weighted by molar-refractivity contribution is 8.19. The lowest BCUT2D eigenvalue weighted by Crippen LogP contribution is -2.28. The second kappa shape index (κ2) is 8.97. The minimum Gasteiger partial charge on any atom is -0.268 e. The molecule has 148 valence electrons. The van der Waals surface area contributed by atoms with E-state index in [1.807, 2.05) is 111 Å². The Bertz CT molecular complexity index is 1130. The lowest BCUT2D eigenvalue weighted by atomic mass is 10.2. The molecule has 1 amide bonds. The van der Waals surface area contributed by atoms with Crippen molar-refractivity contribution in [2.24, 2.45) is 4.99 Å². The van der Waals surface area contributed by atoms with E-state index in [1.54, 1.807) is 4.90 Å². The molecule has 4 rings (SSSR count). The molecule has 3 aromatic carbocycles. The van der Waals surface area contributed by atoms with Gasteiger partial charge in [-0.25, -0.2) is 4.99 Å². The van der Waals surface area contributed by atoms with Gasteiger partial charge in [-0.05, 0) is 61.5 Å². The molecule has 0 spiro atoms. The molecular formula is C26H22N2OS. The molecule has 1 aliphatic heterocycles. The Morgan fingerprint density at radius 2 is 1.47 bits per heavy atom. The maximum atomic E-state index is 13.2. The van der Waals surface area contributed by atoms with Crippen LogP contribution in [0.5, 0.6) is 0 Å². The fourth-order valence-corrected chi connectivity index (χ4v) is 3.98. The first-order chi connectivity index (χ1) is 14.6. The topological polar surface area (TPSA) is 32.7 Å². The van der Waals surface area contributed by atoms with E-state index in [0.29, 0.717) is 10.1 Å². The summed E-state index contributed by atoms with van der Waals surface area (Å²) >= 11 is 1.40. The zero-order valence-corrected chi connectivity index (χ0v) is 17.8. The summed E-state index contributed by atoms with van der Waals surface area (Å²) in [6.45, 7) is 4.08. The minimum atomic E-state index is -0.0626. The minimum absolute atomic E-state index is 0.0626. The van der Waals surface area contributed by atoms with Crippen molar-refractivity contribution < 1.29 is 4.79 Å². The number of amidine groups is 1. The first kappa shape index (κ1) is 19.9. The number of benzene rings is 3. The highest BCUT2D eigenvalue weighted by Crippen LogP contribution is 2.36. The standard InChI is InChI=1S/C26H22N2OS/c1-19-11-15-22(16-12-19)27-26-28(23-17-13-20(2)14-18-23)25(29)24(30-26)10-6-9-21-7-4-3-5-8-21/h3-18H,1-2H3/b9-6+,24-10+,27-26?.